The SMILES string of the molecule is Cc1cccc(C)c1-c1cc2nc(n1)NS(=O)(=O)c1cc(nn1C)C(=O)N(Cc1ccccc1)[C@H](CC(C)(C)C)CO2. The molecule has 0 spiro atoms. The molecule has 0 aliphatic carbocycles. The minimum atomic E-state index is -4.21. The Kier molecular flexibility index (Phi) is 7.80. The molecule has 0 fully saturated rings. The van der Waals surface area contributed by atoms with Gasteiger partial charge in [-0.1, -0.05) is 69.3 Å². The summed E-state index contributed by atoms with van der Waals surface area (Å²) in [7, 11) is -2.71. The van der Waals surface area contributed by atoms with E-state index in [-0.39, 0.29) is 46.5 Å². The third-order valence-corrected chi connectivity index (χ3v) is 8.55. The molecule has 2 aromatic carbocycles. The maximum Gasteiger partial charge on any atom is 0.281 e. The van der Waals surface area contributed by atoms with Crippen LogP contribution in [0.25, 0.3) is 11.3 Å². The highest BCUT2D eigenvalue weighted by atomic mass is 32.2. The monoisotopic (exact) mass is 588 g/mol. The zero-order valence-electron chi connectivity index (χ0n) is 24.7. The Balaban J connectivity index is 1.68. The number of carbonyl (C=O) groups is 1. The lowest BCUT2D eigenvalue weighted by atomic mass is 9.87. The molecule has 4 aromatic rings. The topological polar surface area (TPSA) is 119 Å². The van der Waals surface area contributed by atoms with E-state index in [4.69, 9.17) is 4.74 Å². The average molecular weight is 589 g/mol. The van der Waals surface area contributed by atoms with E-state index in [9.17, 15) is 13.2 Å². The molecule has 0 radical (unpaired) electrons. The Bertz CT molecular complexity index is 1710. The van der Waals surface area contributed by atoms with E-state index in [0.29, 0.717) is 18.7 Å². The van der Waals surface area contributed by atoms with Crippen molar-refractivity contribution < 1.29 is 17.9 Å². The fourth-order valence-electron chi connectivity index (χ4n) is 5.31. The summed E-state index contributed by atoms with van der Waals surface area (Å²) in [6, 6.07) is 18.2. The number of aryl methyl sites for hydroxylation is 3. The second-order valence-electron chi connectivity index (χ2n) is 11.9. The van der Waals surface area contributed by atoms with Gasteiger partial charge in [0.05, 0.1) is 11.7 Å². The number of nitrogens with zero attached hydrogens (tertiary/aromatic N) is 5. The highest BCUT2D eigenvalue weighted by Gasteiger charge is 2.33. The van der Waals surface area contributed by atoms with Gasteiger partial charge in [0.2, 0.25) is 11.8 Å². The lowest BCUT2D eigenvalue weighted by molar-refractivity contribution is 0.0507. The molecule has 42 heavy (non-hydrogen) atoms. The molecule has 10 nitrogen and oxygen atoms in total. The van der Waals surface area contributed by atoms with Gasteiger partial charge in [-0.15, -0.1) is 0 Å². The first-order chi connectivity index (χ1) is 19.8. The molecular weight excluding hydrogens is 552 g/mol. The first-order valence-electron chi connectivity index (χ1n) is 13.8. The van der Waals surface area contributed by atoms with Crippen molar-refractivity contribution in [3.63, 3.8) is 0 Å². The van der Waals surface area contributed by atoms with Gasteiger partial charge in [0.15, 0.2) is 10.7 Å². The molecule has 0 saturated carbocycles. The number of hydrogen-bond donors (Lipinski definition) is 1. The molecular formula is C31H36N6O4S. The summed E-state index contributed by atoms with van der Waals surface area (Å²) in [6.07, 6.45) is 0.615. The molecule has 1 aliphatic heterocycles. The van der Waals surface area contributed by atoms with Crippen LogP contribution in [0.15, 0.2) is 65.7 Å². The van der Waals surface area contributed by atoms with Gasteiger partial charge in [-0.2, -0.15) is 18.5 Å². The van der Waals surface area contributed by atoms with Gasteiger partial charge in [0.25, 0.3) is 15.9 Å². The number of hydrogen-bond acceptors (Lipinski definition) is 7. The maximum atomic E-state index is 14.1. The number of fused-ring (bicyclic) bond motifs is 4. The Morgan fingerprint density at radius 3 is 2.33 bits per heavy atom. The van der Waals surface area contributed by atoms with Gasteiger partial charge in [-0.05, 0) is 42.4 Å². The Morgan fingerprint density at radius 2 is 1.67 bits per heavy atom. The lowest BCUT2D eigenvalue weighted by Gasteiger charge is -2.35. The second kappa shape index (κ2) is 11.2. The molecule has 11 heteroatoms. The zero-order valence-corrected chi connectivity index (χ0v) is 25.6. The molecule has 0 unspecified atom stereocenters. The van der Waals surface area contributed by atoms with Crippen LogP contribution in [0.5, 0.6) is 5.88 Å². The van der Waals surface area contributed by atoms with E-state index in [1.165, 1.54) is 17.8 Å². The first-order valence-corrected chi connectivity index (χ1v) is 15.3. The van der Waals surface area contributed by atoms with E-state index in [2.05, 4.69) is 40.6 Å². The molecule has 2 aromatic heterocycles. The van der Waals surface area contributed by atoms with Crippen LogP contribution in [0.2, 0.25) is 0 Å². The summed E-state index contributed by atoms with van der Waals surface area (Å²) in [5, 5.41) is 4.14. The average Bonchev–Trinajstić information content (AvgIpc) is 3.31. The molecule has 1 atom stereocenters. The van der Waals surface area contributed by atoms with E-state index in [1.54, 1.807) is 11.0 Å². The van der Waals surface area contributed by atoms with Crippen molar-refractivity contribution in [2.75, 3.05) is 11.3 Å². The summed E-state index contributed by atoms with van der Waals surface area (Å²) in [4.78, 5) is 24.8. The maximum absolute atomic E-state index is 14.1. The van der Waals surface area contributed by atoms with Crippen molar-refractivity contribution in [3.05, 3.63) is 83.0 Å². The van der Waals surface area contributed by atoms with Crippen LogP contribution in [0.4, 0.5) is 5.95 Å². The van der Waals surface area contributed by atoms with Crippen LogP contribution in [-0.2, 0) is 23.6 Å². The summed E-state index contributed by atoms with van der Waals surface area (Å²) < 4.78 is 37.1. The van der Waals surface area contributed by atoms with Crippen LogP contribution in [0.3, 0.4) is 0 Å². The number of nitrogens with one attached hydrogen (secondary N) is 1. The van der Waals surface area contributed by atoms with Crippen LogP contribution in [0.1, 0.15) is 54.4 Å². The van der Waals surface area contributed by atoms with Gasteiger partial charge in [0.1, 0.15) is 6.61 Å². The summed E-state index contributed by atoms with van der Waals surface area (Å²) in [6.45, 7) is 10.7. The van der Waals surface area contributed by atoms with Gasteiger partial charge < -0.3 is 9.64 Å². The number of carbonyl (C=O) groups excluding carboxylic acids is 1. The molecule has 1 amide bonds. The van der Waals surface area contributed by atoms with Crippen molar-refractivity contribution in [1.82, 2.24) is 24.6 Å². The van der Waals surface area contributed by atoms with Gasteiger partial charge in [-0.25, -0.2) is 9.71 Å². The lowest BCUT2D eigenvalue weighted by Crippen LogP contribution is -2.45. The van der Waals surface area contributed by atoms with Crippen molar-refractivity contribution in [3.8, 4) is 17.1 Å². The normalized spacial score (nSPS) is 17.0. The Morgan fingerprint density at radius 1 is 0.976 bits per heavy atom. The van der Waals surface area contributed by atoms with Crippen molar-refractivity contribution in [2.24, 2.45) is 12.5 Å². The first kappa shape index (κ1) is 29.2. The third kappa shape index (κ3) is 6.30. The summed E-state index contributed by atoms with van der Waals surface area (Å²) in [5.41, 5.74) is 4.15. The number of ether oxygens (including phenoxy) is 1. The summed E-state index contributed by atoms with van der Waals surface area (Å²) in [5.74, 6) is -0.315. The Labute approximate surface area is 246 Å². The van der Waals surface area contributed by atoms with Crippen molar-refractivity contribution >= 4 is 21.9 Å². The molecule has 1 aliphatic rings. The number of aromatic nitrogens is 4. The predicted molar refractivity (Wildman–Crippen MR) is 161 cm³/mol. The number of rotatable bonds is 4. The van der Waals surface area contributed by atoms with Gasteiger partial charge in [0, 0.05) is 31.3 Å². The van der Waals surface area contributed by atoms with E-state index in [1.807, 2.05) is 62.4 Å². The van der Waals surface area contributed by atoms with E-state index < -0.39 is 10.0 Å². The third-order valence-electron chi connectivity index (χ3n) is 7.17. The minimum absolute atomic E-state index is 0.0239. The van der Waals surface area contributed by atoms with Crippen LogP contribution >= 0.6 is 0 Å². The predicted octanol–water partition coefficient (Wildman–Crippen LogP) is 5.13. The number of amides is 1. The molecule has 3 heterocycles. The van der Waals surface area contributed by atoms with Gasteiger partial charge in [-0.3, -0.25) is 9.48 Å². The fourth-order valence-corrected chi connectivity index (χ4v) is 6.40. The molecule has 0 saturated heterocycles. The van der Waals surface area contributed by atoms with Crippen LogP contribution in [-0.4, -0.2) is 51.6 Å². The zero-order chi connectivity index (χ0) is 30.2. The number of benzene rings is 2. The highest BCUT2D eigenvalue weighted by molar-refractivity contribution is 7.92. The molecule has 5 rings (SSSR count). The smallest absolute Gasteiger partial charge is 0.281 e. The molecule has 220 valence electrons. The van der Waals surface area contributed by atoms with E-state index in [0.717, 1.165) is 22.3 Å². The van der Waals surface area contributed by atoms with Crippen LogP contribution < -0.4 is 9.46 Å². The van der Waals surface area contributed by atoms with Crippen LogP contribution in [0, 0.1) is 19.3 Å². The standard InChI is InChI=1S/C31H36N6O4S/c1-20-11-10-12-21(2)28(20)24-15-26-33-30(32-24)35-42(39,40)27-16-25(34-36(27)6)29(38)37(18-22-13-8-7-9-14-22)23(19-41-26)17-31(3,4)5/h7-16,23H,17-19H2,1-6H3,(H,32,33,35)/t23-/m1/s1. The molecule has 4 bridgehead atoms. The second-order valence-corrected chi connectivity index (χ2v) is 13.6. The largest absolute Gasteiger partial charge is 0.475 e. The highest BCUT2D eigenvalue weighted by Crippen LogP contribution is 2.31. The van der Waals surface area contributed by atoms with Crippen molar-refractivity contribution in [1.29, 1.82) is 0 Å². The number of sulfonamides is 1. The number of anilines is 1. The Hall–Kier alpha value is -4.25. The van der Waals surface area contributed by atoms with Crippen molar-refractivity contribution in [2.45, 2.75) is 58.7 Å². The van der Waals surface area contributed by atoms with E-state index >= 15 is 0 Å². The fraction of sp³-hybridized carbons (Fsp3) is 0.355. The molecule has 1 N–H and O–H groups in total. The minimum Gasteiger partial charge on any atom is -0.475 e. The quantitative estimate of drug-likeness (QED) is 0.351. The summed E-state index contributed by atoms with van der Waals surface area (Å²) >= 11 is 0. The van der Waals surface area contributed by atoms with Gasteiger partial charge >= 0.3 is 0 Å².